The number of carbonyl (C=O) groups excluding carboxylic acids is 1. The molecule has 0 aliphatic rings. The van der Waals surface area contributed by atoms with Gasteiger partial charge in [-0.3, -0.25) is 0 Å². The van der Waals surface area contributed by atoms with Crippen molar-refractivity contribution in [3.8, 4) is 0 Å². The van der Waals surface area contributed by atoms with E-state index in [-0.39, 0.29) is 5.97 Å². The standard InChI is InChI=1S/C18H32O2/c1-3-5-7-9-10-11-12-13-14-16-18(19)20-17-15-8-6-4-2/h12-14,16H,3-11,15,17H2,1-2H3. The van der Waals surface area contributed by atoms with Crippen LogP contribution in [0.25, 0.3) is 0 Å². The lowest BCUT2D eigenvalue weighted by molar-refractivity contribution is -0.137. The molecule has 2 nitrogen and oxygen atoms in total. The molecule has 20 heavy (non-hydrogen) atoms. The third kappa shape index (κ3) is 15.0. The van der Waals surface area contributed by atoms with E-state index in [9.17, 15) is 4.79 Å². The molecule has 0 N–H and O–H groups in total. The summed E-state index contributed by atoms with van der Waals surface area (Å²) < 4.78 is 5.10. The number of hydrogen-bond acceptors (Lipinski definition) is 2. The zero-order valence-corrected chi connectivity index (χ0v) is 13.4. The molecule has 0 radical (unpaired) electrons. The third-order valence-corrected chi connectivity index (χ3v) is 3.20. The van der Waals surface area contributed by atoms with Crippen molar-refractivity contribution in [1.29, 1.82) is 0 Å². The van der Waals surface area contributed by atoms with Crippen LogP contribution in [0, 0.1) is 0 Å². The molecule has 0 saturated heterocycles. The van der Waals surface area contributed by atoms with Crippen LogP contribution in [0.1, 0.15) is 78.1 Å². The van der Waals surface area contributed by atoms with E-state index in [4.69, 9.17) is 4.74 Å². The normalized spacial score (nSPS) is 11.5. The smallest absolute Gasteiger partial charge is 0.330 e. The SMILES string of the molecule is CCCCCCCC=CC=CC(=O)OCCCCCC. The van der Waals surface area contributed by atoms with Gasteiger partial charge in [-0.1, -0.05) is 77.0 Å². The van der Waals surface area contributed by atoms with Crippen LogP contribution in [0.2, 0.25) is 0 Å². The molecule has 0 aliphatic carbocycles. The molecule has 0 rings (SSSR count). The lowest BCUT2D eigenvalue weighted by Gasteiger charge is -2.00. The summed E-state index contributed by atoms with van der Waals surface area (Å²) in [5.41, 5.74) is 0. The molecule has 0 aromatic heterocycles. The predicted octanol–water partition coefficient (Wildman–Crippen LogP) is 5.58. The van der Waals surface area contributed by atoms with Crippen molar-refractivity contribution in [2.45, 2.75) is 78.1 Å². The monoisotopic (exact) mass is 280 g/mol. The summed E-state index contributed by atoms with van der Waals surface area (Å²) in [6.07, 6.45) is 19.5. The Balaban J connectivity index is 3.41. The van der Waals surface area contributed by atoms with Crippen molar-refractivity contribution < 1.29 is 9.53 Å². The van der Waals surface area contributed by atoms with Crippen LogP contribution in [0.5, 0.6) is 0 Å². The summed E-state index contributed by atoms with van der Waals surface area (Å²) in [6.45, 7) is 4.95. The molecular weight excluding hydrogens is 248 g/mol. The first-order valence-corrected chi connectivity index (χ1v) is 8.31. The van der Waals surface area contributed by atoms with E-state index < -0.39 is 0 Å². The van der Waals surface area contributed by atoms with Crippen molar-refractivity contribution in [3.05, 3.63) is 24.3 Å². The average Bonchev–Trinajstić information content (AvgIpc) is 2.45. The van der Waals surface area contributed by atoms with Crippen LogP contribution in [-0.4, -0.2) is 12.6 Å². The molecule has 116 valence electrons. The highest BCUT2D eigenvalue weighted by molar-refractivity contribution is 5.82. The lowest BCUT2D eigenvalue weighted by Crippen LogP contribution is -2.01. The van der Waals surface area contributed by atoms with Crippen molar-refractivity contribution >= 4 is 5.97 Å². The van der Waals surface area contributed by atoms with Gasteiger partial charge in [0.1, 0.15) is 0 Å². The number of carbonyl (C=O) groups is 1. The number of rotatable bonds is 13. The maximum atomic E-state index is 11.3. The maximum Gasteiger partial charge on any atom is 0.330 e. The first kappa shape index (κ1) is 18.9. The minimum Gasteiger partial charge on any atom is -0.463 e. The summed E-state index contributed by atoms with van der Waals surface area (Å²) in [7, 11) is 0. The highest BCUT2D eigenvalue weighted by atomic mass is 16.5. The highest BCUT2D eigenvalue weighted by Crippen LogP contribution is 2.05. The molecule has 0 spiro atoms. The number of ether oxygens (including phenoxy) is 1. The first-order valence-electron chi connectivity index (χ1n) is 8.31. The Morgan fingerprint density at radius 3 is 2.20 bits per heavy atom. The van der Waals surface area contributed by atoms with Gasteiger partial charge < -0.3 is 4.74 Å². The van der Waals surface area contributed by atoms with E-state index in [2.05, 4.69) is 19.9 Å². The zero-order valence-electron chi connectivity index (χ0n) is 13.4. The van der Waals surface area contributed by atoms with E-state index in [0.717, 1.165) is 19.3 Å². The van der Waals surface area contributed by atoms with Crippen LogP contribution < -0.4 is 0 Å². The summed E-state index contributed by atoms with van der Waals surface area (Å²) in [5, 5.41) is 0. The van der Waals surface area contributed by atoms with Gasteiger partial charge in [0.2, 0.25) is 0 Å². The molecule has 0 fully saturated rings. The van der Waals surface area contributed by atoms with Gasteiger partial charge in [0.05, 0.1) is 6.61 Å². The zero-order chi connectivity index (χ0) is 14.9. The molecule has 0 aromatic carbocycles. The van der Waals surface area contributed by atoms with Crippen LogP contribution in [-0.2, 0) is 9.53 Å². The number of allylic oxidation sites excluding steroid dienone is 3. The fourth-order valence-corrected chi connectivity index (χ4v) is 1.92. The summed E-state index contributed by atoms with van der Waals surface area (Å²) in [4.78, 5) is 11.3. The molecule has 0 unspecified atom stereocenters. The molecule has 0 aliphatic heterocycles. The Bertz CT molecular complexity index is 267. The van der Waals surface area contributed by atoms with Gasteiger partial charge in [-0.15, -0.1) is 0 Å². The van der Waals surface area contributed by atoms with Gasteiger partial charge in [-0.2, -0.15) is 0 Å². The van der Waals surface area contributed by atoms with E-state index in [1.165, 1.54) is 51.0 Å². The Morgan fingerprint density at radius 1 is 0.850 bits per heavy atom. The first-order chi connectivity index (χ1) is 9.81. The average molecular weight is 280 g/mol. The summed E-state index contributed by atoms with van der Waals surface area (Å²) in [5.74, 6) is -0.228. The molecular formula is C18H32O2. The second-order valence-corrected chi connectivity index (χ2v) is 5.22. The van der Waals surface area contributed by atoms with Crippen LogP contribution >= 0.6 is 0 Å². The van der Waals surface area contributed by atoms with Crippen LogP contribution in [0.15, 0.2) is 24.3 Å². The second-order valence-electron chi connectivity index (χ2n) is 5.22. The second kappa shape index (κ2) is 16.0. The van der Waals surface area contributed by atoms with E-state index >= 15 is 0 Å². The molecule has 0 aromatic rings. The van der Waals surface area contributed by atoms with E-state index in [1.807, 2.05) is 6.08 Å². The molecule has 0 bridgehead atoms. The van der Waals surface area contributed by atoms with Gasteiger partial charge in [0, 0.05) is 6.08 Å². The van der Waals surface area contributed by atoms with Crippen molar-refractivity contribution in [2.75, 3.05) is 6.61 Å². The van der Waals surface area contributed by atoms with Gasteiger partial charge in [0.25, 0.3) is 0 Å². The maximum absolute atomic E-state index is 11.3. The van der Waals surface area contributed by atoms with Gasteiger partial charge in [-0.05, 0) is 19.3 Å². The number of esters is 1. The molecule has 2 heteroatoms. The van der Waals surface area contributed by atoms with Gasteiger partial charge in [0.15, 0.2) is 0 Å². The Kier molecular flexibility index (Phi) is 15.2. The van der Waals surface area contributed by atoms with Crippen LogP contribution in [0.4, 0.5) is 0 Å². The topological polar surface area (TPSA) is 26.3 Å². The van der Waals surface area contributed by atoms with Gasteiger partial charge >= 0.3 is 5.97 Å². The van der Waals surface area contributed by atoms with E-state index in [0.29, 0.717) is 6.61 Å². The summed E-state index contributed by atoms with van der Waals surface area (Å²) in [6, 6.07) is 0. The predicted molar refractivity (Wildman–Crippen MR) is 86.8 cm³/mol. The Labute approximate surface area is 125 Å². The number of hydrogen-bond donors (Lipinski definition) is 0. The largest absolute Gasteiger partial charge is 0.463 e. The highest BCUT2D eigenvalue weighted by Gasteiger charge is 1.95. The lowest BCUT2D eigenvalue weighted by atomic mass is 10.1. The van der Waals surface area contributed by atoms with Crippen LogP contribution in [0.3, 0.4) is 0 Å². The minimum absolute atomic E-state index is 0.228. The van der Waals surface area contributed by atoms with Gasteiger partial charge in [-0.25, -0.2) is 4.79 Å². The molecule has 0 atom stereocenters. The third-order valence-electron chi connectivity index (χ3n) is 3.20. The van der Waals surface area contributed by atoms with Crippen molar-refractivity contribution in [2.24, 2.45) is 0 Å². The Morgan fingerprint density at radius 2 is 1.50 bits per heavy atom. The fraction of sp³-hybridized carbons (Fsp3) is 0.722. The molecule has 0 heterocycles. The number of unbranched alkanes of at least 4 members (excludes halogenated alkanes) is 8. The molecule has 0 saturated carbocycles. The van der Waals surface area contributed by atoms with E-state index in [1.54, 1.807) is 6.08 Å². The van der Waals surface area contributed by atoms with Crippen molar-refractivity contribution in [3.63, 3.8) is 0 Å². The fourth-order valence-electron chi connectivity index (χ4n) is 1.92. The quantitative estimate of drug-likeness (QED) is 0.190. The minimum atomic E-state index is -0.228. The Hall–Kier alpha value is -1.05. The summed E-state index contributed by atoms with van der Waals surface area (Å²) >= 11 is 0. The molecule has 0 amide bonds. The van der Waals surface area contributed by atoms with Crippen molar-refractivity contribution in [1.82, 2.24) is 0 Å².